The van der Waals surface area contributed by atoms with Crippen molar-refractivity contribution in [3.63, 3.8) is 0 Å². The molecule has 0 spiro atoms. The summed E-state index contributed by atoms with van der Waals surface area (Å²) in [6.45, 7) is 1.40. The Hall–Kier alpha value is -0.420. The minimum atomic E-state index is -5.48. The first-order valence-electron chi connectivity index (χ1n) is 4.75. The molecule has 88 valence electrons. The van der Waals surface area contributed by atoms with Crippen LogP contribution in [0, 0.1) is 17.8 Å². The quantitative estimate of drug-likeness (QED) is 0.560. The van der Waals surface area contributed by atoms with Crippen LogP contribution in [0.15, 0.2) is 0 Å². The SMILES string of the molecule is CC1C[C@H]2C[C@@H]1C(F)(C(F)(F)F)C2(F)F. The van der Waals surface area contributed by atoms with E-state index in [4.69, 9.17) is 0 Å². The van der Waals surface area contributed by atoms with Crippen LogP contribution in [0.5, 0.6) is 0 Å². The predicted octanol–water partition coefficient (Wildman–Crippen LogP) is 3.57. The van der Waals surface area contributed by atoms with Gasteiger partial charge in [0.05, 0.1) is 0 Å². The Balaban J connectivity index is 2.47. The lowest BCUT2D eigenvalue weighted by atomic mass is 9.76. The number of rotatable bonds is 0. The van der Waals surface area contributed by atoms with Crippen LogP contribution in [-0.4, -0.2) is 17.8 Å². The Bertz CT molecular complexity index is 283. The molecule has 0 aromatic heterocycles. The van der Waals surface area contributed by atoms with Crippen LogP contribution < -0.4 is 0 Å². The molecule has 6 heteroatoms. The molecule has 0 radical (unpaired) electrons. The van der Waals surface area contributed by atoms with Crippen LogP contribution in [0.3, 0.4) is 0 Å². The van der Waals surface area contributed by atoms with Crippen molar-refractivity contribution in [3.8, 4) is 0 Å². The zero-order valence-electron chi connectivity index (χ0n) is 7.91. The molecule has 0 aromatic carbocycles. The van der Waals surface area contributed by atoms with Crippen LogP contribution in [0.4, 0.5) is 26.3 Å². The van der Waals surface area contributed by atoms with Crippen LogP contribution in [0.2, 0.25) is 0 Å². The molecule has 2 rings (SSSR count). The van der Waals surface area contributed by atoms with Gasteiger partial charge in [-0.15, -0.1) is 0 Å². The van der Waals surface area contributed by atoms with E-state index >= 15 is 0 Å². The van der Waals surface area contributed by atoms with Crippen molar-refractivity contribution in [2.75, 3.05) is 0 Å². The van der Waals surface area contributed by atoms with Crippen molar-refractivity contribution >= 4 is 0 Å². The second kappa shape index (κ2) is 2.63. The molecule has 0 amide bonds. The molecule has 0 heterocycles. The maximum absolute atomic E-state index is 13.7. The van der Waals surface area contributed by atoms with E-state index in [-0.39, 0.29) is 12.8 Å². The zero-order valence-corrected chi connectivity index (χ0v) is 7.91. The summed E-state index contributed by atoms with van der Waals surface area (Å²) in [5.74, 6) is -7.93. The van der Waals surface area contributed by atoms with Crippen molar-refractivity contribution in [1.29, 1.82) is 0 Å². The van der Waals surface area contributed by atoms with Gasteiger partial charge in [0.15, 0.2) is 0 Å². The molecule has 0 nitrogen and oxygen atoms in total. The van der Waals surface area contributed by atoms with Gasteiger partial charge in [-0.2, -0.15) is 13.2 Å². The first-order chi connectivity index (χ1) is 6.62. The second-order valence-electron chi connectivity index (χ2n) is 4.58. The van der Waals surface area contributed by atoms with Crippen molar-refractivity contribution in [2.45, 2.75) is 37.5 Å². The van der Waals surface area contributed by atoms with Gasteiger partial charge in [-0.05, 0) is 18.8 Å². The first-order valence-corrected chi connectivity index (χ1v) is 4.75. The lowest BCUT2D eigenvalue weighted by molar-refractivity contribution is -0.322. The maximum atomic E-state index is 13.7. The molecule has 2 fully saturated rings. The van der Waals surface area contributed by atoms with E-state index in [9.17, 15) is 26.3 Å². The number of alkyl halides is 6. The molecule has 2 aliphatic carbocycles. The molecule has 4 atom stereocenters. The number of halogens is 6. The number of fused-ring (bicyclic) bond motifs is 2. The third-order valence-corrected chi connectivity index (χ3v) is 3.80. The fourth-order valence-electron chi connectivity index (χ4n) is 3.04. The largest absolute Gasteiger partial charge is 0.428 e. The zero-order chi connectivity index (χ0) is 11.6. The highest BCUT2D eigenvalue weighted by Crippen LogP contribution is 2.67. The average molecular weight is 232 g/mol. The molecule has 15 heavy (non-hydrogen) atoms. The Morgan fingerprint density at radius 2 is 1.60 bits per heavy atom. The normalized spacial score (nSPS) is 48.6. The Labute approximate surface area is 82.6 Å². The van der Waals surface area contributed by atoms with E-state index in [0.29, 0.717) is 0 Å². The minimum Gasteiger partial charge on any atom is -0.227 e. The van der Waals surface area contributed by atoms with E-state index in [1.807, 2.05) is 0 Å². The van der Waals surface area contributed by atoms with Crippen LogP contribution in [-0.2, 0) is 0 Å². The molecule has 0 N–H and O–H groups in total. The van der Waals surface area contributed by atoms with Crippen LogP contribution in [0.1, 0.15) is 19.8 Å². The van der Waals surface area contributed by atoms with Crippen molar-refractivity contribution in [1.82, 2.24) is 0 Å². The first kappa shape index (κ1) is 11.1. The molecule has 2 unspecified atom stereocenters. The topological polar surface area (TPSA) is 0 Å². The number of hydrogen-bond donors (Lipinski definition) is 0. The molecule has 0 saturated heterocycles. The molecule has 0 aliphatic heterocycles. The fourth-order valence-corrected chi connectivity index (χ4v) is 3.04. The van der Waals surface area contributed by atoms with Gasteiger partial charge in [-0.25, -0.2) is 13.2 Å². The van der Waals surface area contributed by atoms with Gasteiger partial charge in [0.1, 0.15) is 0 Å². The summed E-state index contributed by atoms with van der Waals surface area (Å²) < 4.78 is 77.4. The third-order valence-electron chi connectivity index (χ3n) is 3.80. The summed E-state index contributed by atoms with van der Waals surface area (Å²) in [6, 6.07) is 0. The van der Waals surface area contributed by atoms with Crippen molar-refractivity contribution in [2.24, 2.45) is 17.8 Å². The summed E-state index contributed by atoms with van der Waals surface area (Å²) in [5, 5.41) is 0. The van der Waals surface area contributed by atoms with Gasteiger partial charge in [-0.1, -0.05) is 6.92 Å². The van der Waals surface area contributed by atoms with E-state index < -0.39 is 35.5 Å². The lowest BCUT2D eigenvalue weighted by Gasteiger charge is -2.40. The molecule has 2 aliphatic rings. The van der Waals surface area contributed by atoms with Crippen LogP contribution >= 0.6 is 0 Å². The maximum Gasteiger partial charge on any atom is 0.428 e. The minimum absolute atomic E-state index is 0.0145. The molecular weight excluding hydrogens is 222 g/mol. The monoisotopic (exact) mass is 232 g/mol. The van der Waals surface area contributed by atoms with E-state index in [0.717, 1.165) is 0 Å². The van der Waals surface area contributed by atoms with Crippen molar-refractivity contribution in [3.05, 3.63) is 0 Å². The highest BCUT2D eigenvalue weighted by atomic mass is 19.4. The Morgan fingerprint density at radius 3 is 1.93 bits per heavy atom. The summed E-state index contributed by atoms with van der Waals surface area (Å²) in [7, 11) is 0. The van der Waals surface area contributed by atoms with E-state index in [1.165, 1.54) is 6.92 Å². The van der Waals surface area contributed by atoms with Crippen molar-refractivity contribution < 1.29 is 26.3 Å². The summed E-state index contributed by atoms with van der Waals surface area (Å²) >= 11 is 0. The molecule has 2 saturated carbocycles. The van der Waals surface area contributed by atoms with Gasteiger partial charge in [0.25, 0.3) is 11.6 Å². The molecule has 2 bridgehead atoms. The Morgan fingerprint density at radius 1 is 1.07 bits per heavy atom. The molecule has 0 aromatic rings. The van der Waals surface area contributed by atoms with Gasteiger partial charge in [-0.3, -0.25) is 0 Å². The van der Waals surface area contributed by atoms with Gasteiger partial charge >= 0.3 is 6.18 Å². The van der Waals surface area contributed by atoms with E-state index in [1.54, 1.807) is 0 Å². The van der Waals surface area contributed by atoms with Gasteiger partial charge in [0.2, 0.25) is 0 Å². The number of hydrogen-bond acceptors (Lipinski definition) is 0. The highest BCUT2D eigenvalue weighted by Gasteiger charge is 2.83. The van der Waals surface area contributed by atoms with Gasteiger partial charge < -0.3 is 0 Å². The predicted molar refractivity (Wildman–Crippen MR) is 40.2 cm³/mol. The van der Waals surface area contributed by atoms with Gasteiger partial charge in [0, 0.05) is 11.8 Å². The summed E-state index contributed by atoms with van der Waals surface area (Å²) in [6.07, 6.45) is -5.85. The fraction of sp³-hybridized carbons (Fsp3) is 1.00. The standard InChI is InChI=1S/C9H10F6/c1-4-2-5-3-6(4)7(10,8(5,11)12)9(13,14)15/h4-6H,2-3H2,1H3/t4?,5-,6-,7?/m0/s1. The summed E-state index contributed by atoms with van der Waals surface area (Å²) in [5.41, 5.74) is -4.32. The average Bonchev–Trinajstić information content (AvgIpc) is 2.50. The lowest BCUT2D eigenvalue weighted by Crippen LogP contribution is -2.60. The van der Waals surface area contributed by atoms with Crippen LogP contribution in [0.25, 0.3) is 0 Å². The van der Waals surface area contributed by atoms with E-state index in [2.05, 4.69) is 0 Å². The smallest absolute Gasteiger partial charge is 0.227 e. The Kier molecular flexibility index (Phi) is 1.94. The highest BCUT2D eigenvalue weighted by molar-refractivity contribution is 5.17. The summed E-state index contributed by atoms with van der Waals surface area (Å²) in [4.78, 5) is 0. The molecular formula is C9H10F6. The second-order valence-corrected chi connectivity index (χ2v) is 4.58. The third kappa shape index (κ3) is 1.05.